The third-order valence-corrected chi connectivity index (χ3v) is 2.29. The molecule has 0 spiro atoms. The number of hydrogen-bond donors (Lipinski definition) is 1. The predicted molar refractivity (Wildman–Crippen MR) is 57.1 cm³/mol. The molecule has 0 fully saturated rings. The summed E-state index contributed by atoms with van der Waals surface area (Å²) in [4.78, 5) is 0. The highest BCUT2D eigenvalue weighted by Gasteiger charge is 2.07. The van der Waals surface area contributed by atoms with Gasteiger partial charge in [0, 0.05) is 0 Å². The molecule has 0 aliphatic rings. The molecule has 0 aliphatic carbocycles. The Morgan fingerprint density at radius 1 is 1.60 bits per heavy atom. The van der Waals surface area contributed by atoms with Gasteiger partial charge in [-0.1, -0.05) is 0 Å². The average Bonchev–Trinajstić information content (AvgIpc) is 2.46. The molecule has 0 saturated carbocycles. The SMILES string of the molecule is Cc1nn(CCOC(C)C#N)c(C)c1N. The van der Waals surface area contributed by atoms with E-state index in [1.165, 1.54) is 0 Å². The van der Waals surface area contributed by atoms with Crippen LogP contribution in [0.5, 0.6) is 0 Å². The molecule has 0 radical (unpaired) electrons. The van der Waals surface area contributed by atoms with Crippen LogP contribution in [-0.4, -0.2) is 22.5 Å². The first-order valence-corrected chi connectivity index (χ1v) is 4.87. The zero-order valence-electron chi connectivity index (χ0n) is 9.32. The van der Waals surface area contributed by atoms with Gasteiger partial charge in [0.15, 0.2) is 0 Å². The Labute approximate surface area is 89.4 Å². The fourth-order valence-corrected chi connectivity index (χ4v) is 1.28. The van der Waals surface area contributed by atoms with Crippen molar-refractivity contribution in [3.8, 4) is 6.07 Å². The van der Waals surface area contributed by atoms with E-state index in [1.807, 2.05) is 19.9 Å². The maximum Gasteiger partial charge on any atom is 0.141 e. The van der Waals surface area contributed by atoms with Crippen LogP contribution in [0.1, 0.15) is 18.3 Å². The highest BCUT2D eigenvalue weighted by molar-refractivity contribution is 5.46. The molecule has 1 aromatic heterocycles. The summed E-state index contributed by atoms with van der Waals surface area (Å²) in [6.45, 7) is 6.60. The Balaban J connectivity index is 2.52. The summed E-state index contributed by atoms with van der Waals surface area (Å²) in [5.41, 5.74) is 8.29. The van der Waals surface area contributed by atoms with Crippen LogP contribution in [0.4, 0.5) is 5.69 Å². The lowest BCUT2D eigenvalue weighted by Gasteiger charge is -2.06. The molecule has 2 N–H and O–H groups in total. The van der Waals surface area contributed by atoms with Crippen LogP contribution < -0.4 is 5.73 Å². The quantitative estimate of drug-likeness (QED) is 0.801. The number of nitrogens with two attached hydrogens (primary N) is 1. The maximum atomic E-state index is 8.52. The van der Waals surface area contributed by atoms with Crippen molar-refractivity contribution in [1.82, 2.24) is 9.78 Å². The Morgan fingerprint density at radius 3 is 2.73 bits per heavy atom. The lowest BCUT2D eigenvalue weighted by Crippen LogP contribution is -2.13. The maximum absolute atomic E-state index is 8.52. The third kappa shape index (κ3) is 2.70. The zero-order chi connectivity index (χ0) is 11.4. The molecular formula is C10H16N4O. The van der Waals surface area contributed by atoms with Crippen molar-refractivity contribution in [1.29, 1.82) is 5.26 Å². The third-order valence-electron chi connectivity index (χ3n) is 2.29. The minimum absolute atomic E-state index is 0.376. The molecule has 5 nitrogen and oxygen atoms in total. The van der Waals surface area contributed by atoms with Gasteiger partial charge in [-0.15, -0.1) is 0 Å². The van der Waals surface area contributed by atoms with Crippen LogP contribution in [0.2, 0.25) is 0 Å². The van der Waals surface area contributed by atoms with Crippen LogP contribution in [0.3, 0.4) is 0 Å². The summed E-state index contributed by atoms with van der Waals surface area (Å²) in [5.74, 6) is 0. The van der Waals surface area contributed by atoms with Gasteiger partial charge >= 0.3 is 0 Å². The molecule has 0 amide bonds. The normalized spacial score (nSPS) is 12.4. The molecule has 0 aliphatic heterocycles. The van der Waals surface area contributed by atoms with E-state index in [9.17, 15) is 0 Å². The first-order chi connectivity index (χ1) is 7.06. The van der Waals surface area contributed by atoms with Gasteiger partial charge in [-0.25, -0.2) is 0 Å². The number of nitrogen functional groups attached to an aromatic ring is 1. The van der Waals surface area contributed by atoms with Crippen molar-refractivity contribution in [2.24, 2.45) is 0 Å². The van der Waals surface area contributed by atoms with Gasteiger partial charge in [0.2, 0.25) is 0 Å². The first kappa shape index (κ1) is 11.5. The van der Waals surface area contributed by atoms with Crippen LogP contribution in [-0.2, 0) is 11.3 Å². The first-order valence-electron chi connectivity index (χ1n) is 4.87. The minimum Gasteiger partial charge on any atom is -0.396 e. The number of aryl methyl sites for hydroxylation is 1. The Hall–Kier alpha value is -1.54. The Kier molecular flexibility index (Phi) is 3.69. The second kappa shape index (κ2) is 4.80. The number of nitriles is 1. The van der Waals surface area contributed by atoms with Crippen molar-refractivity contribution in [2.45, 2.75) is 33.4 Å². The molecule has 0 bridgehead atoms. The summed E-state index contributed by atoms with van der Waals surface area (Å²) in [6, 6.07) is 2.01. The number of anilines is 1. The van der Waals surface area contributed by atoms with Gasteiger partial charge < -0.3 is 10.5 Å². The molecule has 1 rings (SSSR count). The molecule has 15 heavy (non-hydrogen) atoms. The smallest absolute Gasteiger partial charge is 0.141 e. The monoisotopic (exact) mass is 208 g/mol. The molecular weight excluding hydrogens is 192 g/mol. The van der Waals surface area contributed by atoms with Crippen LogP contribution >= 0.6 is 0 Å². The van der Waals surface area contributed by atoms with Crippen molar-refractivity contribution >= 4 is 5.69 Å². The highest BCUT2D eigenvalue weighted by Crippen LogP contribution is 2.14. The van der Waals surface area contributed by atoms with E-state index in [-0.39, 0.29) is 6.10 Å². The van der Waals surface area contributed by atoms with Crippen LogP contribution in [0, 0.1) is 25.2 Å². The van der Waals surface area contributed by atoms with E-state index >= 15 is 0 Å². The standard InChI is InChI=1S/C10H16N4O/c1-7(6-11)15-5-4-14-9(3)10(12)8(2)13-14/h7H,4-5,12H2,1-3H3. The summed E-state index contributed by atoms with van der Waals surface area (Å²) in [5, 5.41) is 12.8. The number of nitrogens with zero attached hydrogens (tertiary/aromatic N) is 3. The number of ether oxygens (including phenoxy) is 1. The number of aromatic nitrogens is 2. The van der Waals surface area contributed by atoms with Crippen LogP contribution in [0.15, 0.2) is 0 Å². The van der Waals surface area contributed by atoms with E-state index in [0.29, 0.717) is 13.2 Å². The zero-order valence-corrected chi connectivity index (χ0v) is 9.32. The van der Waals surface area contributed by atoms with Crippen molar-refractivity contribution in [2.75, 3.05) is 12.3 Å². The van der Waals surface area contributed by atoms with E-state index in [2.05, 4.69) is 5.10 Å². The minimum atomic E-state index is -0.376. The number of rotatable bonds is 4. The van der Waals surface area contributed by atoms with Gasteiger partial charge in [-0.2, -0.15) is 10.4 Å². The van der Waals surface area contributed by atoms with Gasteiger partial charge in [-0.05, 0) is 20.8 Å². The second-order valence-corrected chi connectivity index (χ2v) is 3.45. The topological polar surface area (TPSA) is 76.9 Å². The summed E-state index contributed by atoms with van der Waals surface area (Å²) >= 11 is 0. The Morgan fingerprint density at radius 2 is 2.27 bits per heavy atom. The summed E-state index contributed by atoms with van der Waals surface area (Å²) in [7, 11) is 0. The number of hydrogen-bond acceptors (Lipinski definition) is 4. The predicted octanol–water partition coefficient (Wildman–Crippen LogP) is 1.01. The summed E-state index contributed by atoms with van der Waals surface area (Å²) in [6.07, 6.45) is -0.376. The Bertz CT molecular complexity index is 378. The van der Waals surface area contributed by atoms with E-state index in [4.69, 9.17) is 15.7 Å². The van der Waals surface area contributed by atoms with Gasteiger partial charge in [0.05, 0.1) is 36.3 Å². The van der Waals surface area contributed by atoms with E-state index in [1.54, 1.807) is 11.6 Å². The summed E-state index contributed by atoms with van der Waals surface area (Å²) < 4.78 is 7.04. The lowest BCUT2D eigenvalue weighted by atomic mass is 10.3. The molecule has 5 heteroatoms. The van der Waals surface area contributed by atoms with Crippen molar-refractivity contribution < 1.29 is 4.74 Å². The van der Waals surface area contributed by atoms with Crippen molar-refractivity contribution in [3.63, 3.8) is 0 Å². The van der Waals surface area contributed by atoms with Gasteiger partial charge in [0.1, 0.15) is 6.10 Å². The molecule has 1 heterocycles. The van der Waals surface area contributed by atoms with E-state index < -0.39 is 0 Å². The average molecular weight is 208 g/mol. The van der Waals surface area contributed by atoms with Crippen molar-refractivity contribution in [3.05, 3.63) is 11.4 Å². The van der Waals surface area contributed by atoms with Crippen LogP contribution in [0.25, 0.3) is 0 Å². The largest absolute Gasteiger partial charge is 0.396 e. The van der Waals surface area contributed by atoms with Gasteiger partial charge in [0.25, 0.3) is 0 Å². The fraction of sp³-hybridized carbons (Fsp3) is 0.600. The molecule has 0 aromatic carbocycles. The fourth-order valence-electron chi connectivity index (χ4n) is 1.28. The molecule has 0 saturated heterocycles. The second-order valence-electron chi connectivity index (χ2n) is 3.45. The molecule has 1 unspecified atom stereocenters. The van der Waals surface area contributed by atoms with Gasteiger partial charge in [-0.3, -0.25) is 4.68 Å². The molecule has 82 valence electrons. The molecule has 1 atom stereocenters. The lowest BCUT2D eigenvalue weighted by molar-refractivity contribution is 0.0928. The van der Waals surface area contributed by atoms with E-state index in [0.717, 1.165) is 17.1 Å². The highest BCUT2D eigenvalue weighted by atomic mass is 16.5. The molecule has 1 aromatic rings.